The third kappa shape index (κ3) is 1.19. The van der Waals surface area contributed by atoms with Gasteiger partial charge in [0.1, 0.15) is 11.2 Å². The third-order valence-corrected chi connectivity index (χ3v) is 1.89. The number of benzene rings is 1. The molecule has 0 aliphatic rings. The summed E-state index contributed by atoms with van der Waals surface area (Å²) in [4.78, 5) is 13.8. The van der Waals surface area contributed by atoms with Crippen molar-refractivity contribution in [3.63, 3.8) is 0 Å². The lowest BCUT2D eigenvalue weighted by Crippen LogP contribution is -1.92. The summed E-state index contributed by atoms with van der Waals surface area (Å²) in [6, 6.07) is 5.38. The molecule has 4 nitrogen and oxygen atoms in total. The summed E-state index contributed by atoms with van der Waals surface area (Å²) in [6.07, 6.45) is 1.28. The molecule has 1 heterocycles. The summed E-state index contributed by atoms with van der Waals surface area (Å²) in [5, 5.41) is 10.5. The predicted octanol–water partition coefficient (Wildman–Crippen LogP) is 2.28. The molecule has 0 amide bonds. The van der Waals surface area contributed by atoms with Crippen molar-refractivity contribution < 1.29 is 9.31 Å². The van der Waals surface area contributed by atoms with E-state index in [1.54, 1.807) is 0 Å². The van der Waals surface area contributed by atoms with E-state index in [1.165, 1.54) is 24.4 Å². The fourth-order valence-electron chi connectivity index (χ4n) is 1.30. The SMILES string of the molecule is O=[N+]([O-])c1cccc2nccc(F)c12. The lowest BCUT2D eigenvalue weighted by molar-refractivity contribution is -0.383. The van der Waals surface area contributed by atoms with Gasteiger partial charge in [0.15, 0.2) is 0 Å². The van der Waals surface area contributed by atoms with Crippen molar-refractivity contribution in [2.75, 3.05) is 0 Å². The van der Waals surface area contributed by atoms with Crippen LogP contribution in [-0.4, -0.2) is 9.91 Å². The van der Waals surface area contributed by atoms with Crippen molar-refractivity contribution >= 4 is 16.6 Å². The van der Waals surface area contributed by atoms with Gasteiger partial charge < -0.3 is 0 Å². The van der Waals surface area contributed by atoms with E-state index in [-0.39, 0.29) is 11.1 Å². The number of hydrogen-bond donors (Lipinski definition) is 0. The van der Waals surface area contributed by atoms with Gasteiger partial charge in [0.05, 0.1) is 10.4 Å². The van der Waals surface area contributed by atoms with Crippen molar-refractivity contribution in [1.82, 2.24) is 4.98 Å². The Bertz CT molecular complexity index is 508. The molecule has 0 unspecified atom stereocenters. The molecule has 0 bridgehead atoms. The predicted molar refractivity (Wildman–Crippen MR) is 48.4 cm³/mol. The van der Waals surface area contributed by atoms with E-state index in [0.717, 1.165) is 6.07 Å². The average Bonchev–Trinajstić information content (AvgIpc) is 2.17. The van der Waals surface area contributed by atoms with E-state index in [9.17, 15) is 14.5 Å². The van der Waals surface area contributed by atoms with Crippen molar-refractivity contribution in [3.8, 4) is 0 Å². The lowest BCUT2D eigenvalue weighted by Gasteiger charge is -1.98. The first-order valence-electron chi connectivity index (χ1n) is 3.88. The molecule has 0 aliphatic carbocycles. The van der Waals surface area contributed by atoms with Gasteiger partial charge in [-0.3, -0.25) is 15.1 Å². The van der Waals surface area contributed by atoms with E-state index in [1.807, 2.05) is 0 Å². The second-order valence-electron chi connectivity index (χ2n) is 2.72. The molecule has 70 valence electrons. The normalized spacial score (nSPS) is 10.4. The zero-order chi connectivity index (χ0) is 10.1. The molecule has 0 saturated carbocycles. The Morgan fingerprint density at radius 1 is 1.36 bits per heavy atom. The summed E-state index contributed by atoms with van der Waals surface area (Å²) >= 11 is 0. The summed E-state index contributed by atoms with van der Waals surface area (Å²) < 4.78 is 13.3. The van der Waals surface area contributed by atoms with Gasteiger partial charge in [0.2, 0.25) is 0 Å². The highest BCUT2D eigenvalue weighted by Crippen LogP contribution is 2.25. The second kappa shape index (κ2) is 3.02. The molecule has 0 atom stereocenters. The second-order valence-corrected chi connectivity index (χ2v) is 2.72. The highest BCUT2D eigenvalue weighted by Gasteiger charge is 2.15. The highest BCUT2D eigenvalue weighted by atomic mass is 19.1. The molecule has 0 saturated heterocycles. The minimum absolute atomic E-state index is 0.0417. The zero-order valence-corrected chi connectivity index (χ0v) is 6.98. The van der Waals surface area contributed by atoms with E-state index in [4.69, 9.17) is 0 Å². The molecule has 0 fully saturated rings. The first-order valence-corrected chi connectivity index (χ1v) is 3.88. The number of non-ortho nitro benzene ring substituents is 1. The van der Waals surface area contributed by atoms with Gasteiger partial charge in [0, 0.05) is 12.3 Å². The number of nitrogens with zero attached hydrogens (tertiary/aromatic N) is 2. The number of fused-ring (bicyclic) bond motifs is 1. The van der Waals surface area contributed by atoms with Crippen molar-refractivity contribution in [2.24, 2.45) is 0 Å². The number of nitro benzene ring substituents is 1. The van der Waals surface area contributed by atoms with Crippen LogP contribution < -0.4 is 0 Å². The number of pyridine rings is 1. The van der Waals surface area contributed by atoms with Crippen molar-refractivity contribution in [3.05, 3.63) is 46.4 Å². The van der Waals surface area contributed by atoms with E-state index in [0.29, 0.717) is 5.52 Å². The number of nitro groups is 1. The van der Waals surface area contributed by atoms with Crippen LogP contribution in [0, 0.1) is 15.9 Å². The van der Waals surface area contributed by atoms with Gasteiger partial charge in [-0.1, -0.05) is 6.07 Å². The van der Waals surface area contributed by atoms with Gasteiger partial charge in [-0.05, 0) is 12.1 Å². The number of rotatable bonds is 1. The average molecular weight is 192 g/mol. The van der Waals surface area contributed by atoms with Crippen LogP contribution in [0.15, 0.2) is 30.5 Å². The first kappa shape index (κ1) is 8.55. The Balaban J connectivity index is 2.91. The van der Waals surface area contributed by atoms with Crippen LogP contribution >= 0.6 is 0 Å². The molecule has 1 aromatic heterocycles. The molecule has 2 aromatic rings. The summed E-state index contributed by atoms with van der Waals surface area (Å²) in [5.74, 6) is -0.623. The Kier molecular flexibility index (Phi) is 1.85. The standard InChI is InChI=1S/C9H5FN2O2/c10-6-4-5-11-7-2-1-3-8(9(6)7)12(13)14/h1-5H. The first-order chi connectivity index (χ1) is 6.70. The Morgan fingerprint density at radius 3 is 2.86 bits per heavy atom. The fraction of sp³-hybridized carbons (Fsp3) is 0. The van der Waals surface area contributed by atoms with Gasteiger partial charge in [-0.2, -0.15) is 0 Å². The number of halogens is 1. The van der Waals surface area contributed by atoms with Crippen molar-refractivity contribution in [1.29, 1.82) is 0 Å². The number of hydrogen-bond acceptors (Lipinski definition) is 3. The Labute approximate surface area is 78.2 Å². The molecule has 2 rings (SSSR count). The fourth-order valence-corrected chi connectivity index (χ4v) is 1.30. The maximum absolute atomic E-state index is 13.3. The molecule has 0 aliphatic heterocycles. The highest BCUT2D eigenvalue weighted by molar-refractivity contribution is 5.88. The van der Waals surface area contributed by atoms with Crippen LogP contribution in [0.3, 0.4) is 0 Å². The van der Waals surface area contributed by atoms with Crippen LogP contribution in [0.2, 0.25) is 0 Å². The largest absolute Gasteiger partial charge is 0.281 e. The molecule has 5 heteroatoms. The maximum atomic E-state index is 13.3. The molecule has 14 heavy (non-hydrogen) atoms. The summed E-state index contributed by atoms with van der Waals surface area (Å²) in [6.45, 7) is 0. The lowest BCUT2D eigenvalue weighted by atomic mass is 10.2. The summed E-state index contributed by atoms with van der Waals surface area (Å²) in [5.41, 5.74) is 0.0345. The monoisotopic (exact) mass is 192 g/mol. The van der Waals surface area contributed by atoms with Crippen LogP contribution in [0.5, 0.6) is 0 Å². The molecular weight excluding hydrogens is 187 g/mol. The number of aromatic nitrogens is 1. The van der Waals surface area contributed by atoms with Gasteiger partial charge in [-0.25, -0.2) is 4.39 Å². The maximum Gasteiger partial charge on any atom is 0.281 e. The van der Waals surface area contributed by atoms with E-state index in [2.05, 4.69) is 4.98 Å². The van der Waals surface area contributed by atoms with Gasteiger partial charge in [0.25, 0.3) is 5.69 Å². The van der Waals surface area contributed by atoms with Crippen LogP contribution in [0.1, 0.15) is 0 Å². The smallest absolute Gasteiger partial charge is 0.258 e. The van der Waals surface area contributed by atoms with Gasteiger partial charge in [-0.15, -0.1) is 0 Å². The minimum Gasteiger partial charge on any atom is -0.258 e. The zero-order valence-electron chi connectivity index (χ0n) is 6.98. The minimum atomic E-state index is -0.623. The molecule has 0 radical (unpaired) electrons. The van der Waals surface area contributed by atoms with E-state index < -0.39 is 10.7 Å². The van der Waals surface area contributed by atoms with Crippen LogP contribution in [0.4, 0.5) is 10.1 Å². The van der Waals surface area contributed by atoms with Crippen molar-refractivity contribution in [2.45, 2.75) is 0 Å². The third-order valence-electron chi connectivity index (χ3n) is 1.89. The molecule has 0 spiro atoms. The summed E-state index contributed by atoms with van der Waals surface area (Å²) in [7, 11) is 0. The molecule has 0 N–H and O–H groups in total. The molecule has 1 aromatic carbocycles. The van der Waals surface area contributed by atoms with Crippen LogP contribution in [-0.2, 0) is 0 Å². The molecular formula is C9H5FN2O2. The van der Waals surface area contributed by atoms with Crippen LogP contribution in [0.25, 0.3) is 10.9 Å². The van der Waals surface area contributed by atoms with E-state index >= 15 is 0 Å². The van der Waals surface area contributed by atoms with Gasteiger partial charge >= 0.3 is 0 Å². The quantitative estimate of drug-likeness (QED) is 0.514. The Morgan fingerprint density at radius 2 is 2.14 bits per heavy atom. The topological polar surface area (TPSA) is 56.0 Å². The Hall–Kier alpha value is -2.04.